The van der Waals surface area contributed by atoms with E-state index in [4.69, 9.17) is 14.7 Å². The highest BCUT2D eigenvalue weighted by Gasteiger charge is 2.15. The van der Waals surface area contributed by atoms with E-state index in [2.05, 4.69) is 22.9 Å². The van der Waals surface area contributed by atoms with Crippen LogP contribution in [0.2, 0.25) is 0 Å². The Morgan fingerprint density at radius 2 is 1.77 bits per heavy atom. The van der Waals surface area contributed by atoms with Gasteiger partial charge in [0.2, 0.25) is 0 Å². The van der Waals surface area contributed by atoms with Crippen molar-refractivity contribution < 1.29 is 19.1 Å². The maximum absolute atomic E-state index is 11.9. The van der Waals surface area contributed by atoms with Crippen molar-refractivity contribution in [3.63, 3.8) is 0 Å². The van der Waals surface area contributed by atoms with Gasteiger partial charge in [-0.15, -0.1) is 0 Å². The van der Waals surface area contributed by atoms with Gasteiger partial charge in [0.25, 0.3) is 5.91 Å². The number of nitrogens with one attached hydrogen (secondary N) is 3. The number of ether oxygens (including phenoxy) is 2. The molecular weight excluding hydrogens is 336 g/mol. The Morgan fingerprint density at radius 3 is 2.38 bits per heavy atom. The molecule has 0 atom stereocenters. The minimum Gasteiger partial charge on any atom is -0.444 e. The lowest BCUT2D eigenvalue weighted by molar-refractivity contribution is -0.117. The average molecular weight is 368 g/mol. The van der Waals surface area contributed by atoms with Crippen molar-refractivity contribution in [3.05, 3.63) is 11.8 Å². The number of carbonyl (C=O) groups excluding carboxylic acids is 2. The molecule has 0 aromatic heterocycles. The van der Waals surface area contributed by atoms with E-state index in [1.165, 1.54) is 6.20 Å². The zero-order valence-electron chi connectivity index (χ0n) is 16.3. The van der Waals surface area contributed by atoms with Gasteiger partial charge >= 0.3 is 6.09 Å². The first-order chi connectivity index (χ1) is 12.3. The molecule has 148 valence electrons. The third kappa shape index (κ3) is 14.1. The van der Waals surface area contributed by atoms with Crippen LogP contribution in [-0.4, -0.2) is 50.4 Å². The summed E-state index contributed by atoms with van der Waals surface area (Å²) in [6.07, 6.45) is 3.64. The molecule has 8 nitrogen and oxygen atoms in total. The van der Waals surface area contributed by atoms with Crippen LogP contribution in [0.3, 0.4) is 0 Å². The van der Waals surface area contributed by atoms with Gasteiger partial charge in [0.1, 0.15) is 17.2 Å². The second-order valence-electron chi connectivity index (χ2n) is 6.63. The average Bonchev–Trinajstić information content (AvgIpc) is 2.55. The highest BCUT2D eigenvalue weighted by atomic mass is 16.6. The smallest absolute Gasteiger partial charge is 0.407 e. The molecule has 0 rings (SSSR count). The zero-order valence-corrected chi connectivity index (χ0v) is 16.3. The van der Waals surface area contributed by atoms with Gasteiger partial charge in [-0.1, -0.05) is 13.3 Å². The predicted octanol–water partition coefficient (Wildman–Crippen LogP) is 1.83. The summed E-state index contributed by atoms with van der Waals surface area (Å²) in [4.78, 5) is 23.3. The number of rotatable bonds is 12. The van der Waals surface area contributed by atoms with Crippen molar-refractivity contribution >= 4 is 12.0 Å². The molecule has 0 aliphatic carbocycles. The number of amides is 2. The number of nitriles is 1. The fraction of sp³-hybridized carbons (Fsp3) is 0.722. The minimum absolute atomic E-state index is 0.0193. The highest BCUT2D eigenvalue weighted by Crippen LogP contribution is 2.05. The lowest BCUT2D eigenvalue weighted by Crippen LogP contribution is -2.35. The Balaban J connectivity index is 3.92. The number of nitrogens with zero attached hydrogens (tertiary/aromatic N) is 1. The molecule has 0 aromatic rings. The summed E-state index contributed by atoms with van der Waals surface area (Å²) in [6, 6.07) is 1.84. The van der Waals surface area contributed by atoms with Gasteiger partial charge in [-0.05, 0) is 33.6 Å². The molecule has 0 fully saturated rings. The standard InChI is InChI=1S/C18H32N4O4/c1-5-6-11-25-12-7-8-21-16(23)15(13-19)14-20-9-10-22-17(24)26-18(2,3)4/h14,20H,5-12H2,1-4H3,(H,21,23)(H,22,24)/b15-14-. The first-order valence-corrected chi connectivity index (χ1v) is 8.96. The number of hydrogen-bond donors (Lipinski definition) is 3. The van der Waals surface area contributed by atoms with Gasteiger partial charge in [-0.3, -0.25) is 4.79 Å². The van der Waals surface area contributed by atoms with Crippen LogP contribution in [0, 0.1) is 11.3 Å². The predicted molar refractivity (Wildman–Crippen MR) is 99.3 cm³/mol. The summed E-state index contributed by atoms with van der Waals surface area (Å²) in [7, 11) is 0. The largest absolute Gasteiger partial charge is 0.444 e. The molecule has 0 aliphatic heterocycles. The number of carbonyl (C=O) groups is 2. The lowest BCUT2D eigenvalue weighted by atomic mass is 10.2. The summed E-state index contributed by atoms with van der Waals surface area (Å²) in [5.74, 6) is -0.436. The van der Waals surface area contributed by atoms with Crippen molar-refractivity contribution in [3.8, 4) is 6.07 Å². The topological polar surface area (TPSA) is 112 Å². The molecule has 0 aliphatic rings. The van der Waals surface area contributed by atoms with Crippen LogP contribution < -0.4 is 16.0 Å². The van der Waals surface area contributed by atoms with Crippen LogP contribution in [0.5, 0.6) is 0 Å². The molecule has 2 amide bonds. The van der Waals surface area contributed by atoms with Gasteiger partial charge in [0, 0.05) is 39.0 Å². The molecular formula is C18H32N4O4. The van der Waals surface area contributed by atoms with Crippen LogP contribution >= 0.6 is 0 Å². The molecule has 0 spiro atoms. The molecule has 3 N–H and O–H groups in total. The monoisotopic (exact) mass is 368 g/mol. The van der Waals surface area contributed by atoms with Gasteiger partial charge < -0.3 is 25.4 Å². The molecule has 0 bridgehead atoms. The van der Waals surface area contributed by atoms with Crippen molar-refractivity contribution in [1.29, 1.82) is 5.26 Å². The quantitative estimate of drug-likeness (QED) is 0.275. The number of hydrogen-bond acceptors (Lipinski definition) is 6. The van der Waals surface area contributed by atoms with E-state index in [1.807, 2.05) is 6.07 Å². The molecule has 0 saturated carbocycles. The van der Waals surface area contributed by atoms with Crippen molar-refractivity contribution in [2.45, 2.75) is 52.6 Å². The highest BCUT2D eigenvalue weighted by molar-refractivity contribution is 5.97. The van der Waals surface area contributed by atoms with Crippen LogP contribution in [0.1, 0.15) is 47.0 Å². The third-order valence-corrected chi connectivity index (χ3v) is 2.94. The molecule has 0 aromatic carbocycles. The van der Waals surface area contributed by atoms with E-state index in [1.54, 1.807) is 20.8 Å². The molecule has 0 unspecified atom stereocenters. The van der Waals surface area contributed by atoms with Crippen LogP contribution in [0.15, 0.2) is 11.8 Å². The lowest BCUT2D eigenvalue weighted by Gasteiger charge is -2.19. The normalized spacial score (nSPS) is 11.4. The van der Waals surface area contributed by atoms with Crippen LogP contribution in [0.25, 0.3) is 0 Å². The van der Waals surface area contributed by atoms with Gasteiger partial charge in [0.15, 0.2) is 0 Å². The summed E-state index contributed by atoms with van der Waals surface area (Å²) in [6.45, 7) is 9.87. The SMILES string of the molecule is CCCCOCCCNC(=O)/C(C#N)=C\NCCNC(=O)OC(C)(C)C. The van der Waals surface area contributed by atoms with Crippen LogP contribution in [-0.2, 0) is 14.3 Å². The summed E-state index contributed by atoms with van der Waals surface area (Å²) >= 11 is 0. The molecule has 8 heteroatoms. The Labute approximate surface area is 156 Å². The maximum atomic E-state index is 11.9. The number of alkyl carbamates (subject to hydrolysis) is 1. The molecule has 0 saturated heterocycles. The molecule has 0 heterocycles. The third-order valence-electron chi connectivity index (χ3n) is 2.94. The van der Waals surface area contributed by atoms with Gasteiger partial charge in [-0.25, -0.2) is 4.79 Å². The fourth-order valence-electron chi connectivity index (χ4n) is 1.69. The Kier molecular flexibility index (Phi) is 12.7. The summed E-state index contributed by atoms with van der Waals surface area (Å²) < 4.78 is 10.5. The first kappa shape index (κ1) is 23.7. The van der Waals surface area contributed by atoms with Crippen LogP contribution in [0.4, 0.5) is 4.79 Å². The Hall–Kier alpha value is -2.27. The second kappa shape index (κ2) is 14.0. The Bertz CT molecular complexity index is 492. The van der Waals surface area contributed by atoms with Crippen molar-refractivity contribution in [2.75, 3.05) is 32.8 Å². The van der Waals surface area contributed by atoms with Crippen molar-refractivity contribution in [2.24, 2.45) is 0 Å². The van der Waals surface area contributed by atoms with E-state index in [9.17, 15) is 9.59 Å². The van der Waals surface area contributed by atoms with E-state index in [0.29, 0.717) is 32.7 Å². The second-order valence-corrected chi connectivity index (χ2v) is 6.63. The van der Waals surface area contributed by atoms with E-state index < -0.39 is 17.6 Å². The summed E-state index contributed by atoms with van der Waals surface area (Å²) in [5, 5.41) is 17.1. The van der Waals surface area contributed by atoms with Gasteiger partial charge in [-0.2, -0.15) is 5.26 Å². The first-order valence-electron chi connectivity index (χ1n) is 8.96. The maximum Gasteiger partial charge on any atom is 0.407 e. The molecule has 0 radical (unpaired) electrons. The Morgan fingerprint density at radius 1 is 1.08 bits per heavy atom. The van der Waals surface area contributed by atoms with Gasteiger partial charge in [0.05, 0.1) is 0 Å². The van der Waals surface area contributed by atoms with E-state index in [-0.39, 0.29) is 5.57 Å². The zero-order chi connectivity index (χ0) is 19.8. The summed E-state index contributed by atoms with van der Waals surface area (Å²) in [5.41, 5.74) is -0.570. The fourth-order valence-corrected chi connectivity index (χ4v) is 1.69. The molecule has 26 heavy (non-hydrogen) atoms. The van der Waals surface area contributed by atoms with E-state index >= 15 is 0 Å². The van der Waals surface area contributed by atoms with Crippen molar-refractivity contribution in [1.82, 2.24) is 16.0 Å². The van der Waals surface area contributed by atoms with E-state index in [0.717, 1.165) is 19.4 Å². The number of unbranched alkanes of at least 4 members (excludes halogenated alkanes) is 1. The minimum atomic E-state index is -0.551.